The van der Waals surface area contributed by atoms with Crippen molar-refractivity contribution in [3.63, 3.8) is 0 Å². The molecule has 1 N–H and O–H groups in total. The van der Waals surface area contributed by atoms with Crippen LogP contribution in [0.3, 0.4) is 0 Å². The molecular formula is C19H36N2O. The summed E-state index contributed by atoms with van der Waals surface area (Å²) in [6, 6.07) is 0. The Bertz CT molecular complexity index is 307. The number of nitrogens with zero attached hydrogens (tertiary/aromatic N) is 2. The maximum Gasteiger partial charge on any atom is 0.0558 e. The fourth-order valence-electron chi connectivity index (χ4n) is 5.86. The first-order valence-corrected chi connectivity index (χ1v) is 9.82. The van der Waals surface area contributed by atoms with Gasteiger partial charge in [0.2, 0.25) is 0 Å². The van der Waals surface area contributed by atoms with Gasteiger partial charge in [0.1, 0.15) is 0 Å². The molecule has 0 aromatic heterocycles. The van der Waals surface area contributed by atoms with Gasteiger partial charge in [-0.3, -0.25) is 4.90 Å². The quantitative estimate of drug-likeness (QED) is 0.864. The van der Waals surface area contributed by atoms with Gasteiger partial charge >= 0.3 is 0 Å². The molecule has 2 aliphatic carbocycles. The van der Waals surface area contributed by atoms with Crippen LogP contribution in [0.1, 0.15) is 64.2 Å². The molecule has 1 aliphatic heterocycles. The van der Waals surface area contributed by atoms with E-state index in [9.17, 15) is 5.11 Å². The van der Waals surface area contributed by atoms with Crippen LogP contribution < -0.4 is 0 Å². The largest absolute Gasteiger partial charge is 0.395 e. The molecule has 0 aromatic rings. The number of piperazine rings is 1. The van der Waals surface area contributed by atoms with Gasteiger partial charge in [-0.1, -0.05) is 38.5 Å². The third-order valence-electron chi connectivity index (χ3n) is 6.86. The summed E-state index contributed by atoms with van der Waals surface area (Å²) in [4.78, 5) is 5.32. The third-order valence-corrected chi connectivity index (χ3v) is 6.86. The van der Waals surface area contributed by atoms with Crippen LogP contribution in [-0.2, 0) is 0 Å². The molecule has 1 heterocycles. The van der Waals surface area contributed by atoms with Gasteiger partial charge in [0.05, 0.1) is 6.61 Å². The van der Waals surface area contributed by atoms with E-state index < -0.39 is 0 Å². The summed E-state index contributed by atoms with van der Waals surface area (Å²) in [7, 11) is 2.32. The monoisotopic (exact) mass is 308 g/mol. The summed E-state index contributed by atoms with van der Waals surface area (Å²) in [6.45, 7) is 4.78. The number of hydrogen-bond donors (Lipinski definition) is 1. The summed E-state index contributed by atoms with van der Waals surface area (Å²) < 4.78 is 0. The van der Waals surface area contributed by atoms with E-state index >= 15 is 0 Å². The van der Waals surface area contributed by atoms with Gasteiger partial charge < -0.3 is 10.0 Å². The fourth-order valence-corrected chi connectivity index (χ4v) is 5.86. The summed E-state index contributed by atoms with van der Waals surface area (Å²) in [5.41, 5.74) is 0.358. The molecule has 22 heavy (non-hydrogen) atoms. The van der Waals surface area contributed by atoms with Crippen LogP contribution in [-0.4, -0.2) is 60.3 Å². The molecule has 0 aromatic carbocycles. The van der Waals surface area contributed by atoms with Crippen LogP contribution in [0.4, 0.5) is 0 Å². The summed E-state index contributed by atoms with van der Waals surface area (Å²) >= 11 is 0. The predicted octanol–water partition coefficient (Wildman–Crippen LogP) is 3.13. The highest BCUT2D eigenvalue weighted by atomic mass is 16.3. The van der Waals surface area contributed by atoms with Crippen LogP contribution >= 0.6 is 0 Å². The van der Waals surface area contributed by atoms with Gasteiger partial charge in [-0.15, -0.1) is 0 Å². The highest BCUT2D eigenvalue weighted by Gasteiger charge is 2.51. The number of aliphatic hydroxyl groups excluding tert-OH is 1. The minimum absolute atomic E-state index is 0.324. The van der Waals surface area contributed by atoms with Gasteiger partial charge in [-0.05, 0) is 44.6 Å². The zero-order valence-electron chi connectivity index (χ0n) is 14.6. The Morgan fingerprint density at radius 1 is 0.864 bits per heavy atom. The smallest absolute Gasteiger partial charge is 0.0558 e. The fraction of sp³-hybridized carbons (Fsp3) is 1.00. The number of hydrogen-bond acceptors (Lipinski definition) is 3. The van der Waals surface area contributed by atoms with E-state index in [-0.39, 0.29) is 0 Å². The lowest BCUT2D eigenvalue weighted by atomic mass is 9.62. The number of β-amino-alcohol motifs (C(OH)–C–C–N with tert-alkyl or cyclic N) is 1. The molecule has 0 amide bonds. The first-order chi connectivity index (χ1) is 10.8. The van der Waals surface area contributed by atoms with Crippen LogP contribution in [0, 0.1) is 11.8 Å². The second-order valence-corrected chi connectivity index (χ2v) is 8.11. The zero-order valence-corrected chi connectivity index (χ0v) is 14.6. The van der Waals surface area contributed by atoms with Crippen molar-refractivity contribution in [3.05, 3.63) is 0 Å². The van der Waals surface area contributed by atoms with Crippen molar-refractivity contribution in [2.75, 3.05) is 39.8 Å². The Balaban J connectivity index is 1.90. The number of rotatable bonds is 4. The Kier molecular flexibility index (Phi) is 5.80. The predicted molar refractivity (Wildman–Crippen MR) is 92.0 cm³/mol. The Morgan fingerprint density at radius 3 is 1.91 bits per heavy atom. The van der Waals surface area contributed by atoms with E-state index in [4.69, 9.17) is 0 Å². The molecule has 3 rings (SSSR count). The minimum atomic E-state index is 0.324. The molecule has 3 aliphatic rings. The van der Waals surface area contributed by atoms with Crippen LogP contribution in [0.15, 0.2) is 0 Å². The summed E-state index contributed by atoms with van der Waals surface area (Å²) in [5.74, 6) is 1.72. The van der Waals surface area contributed by atoms with E-state index in [0.717, 1.165) is 24.9 Å². The zero-order chi connectivity index (χ0) is 15.4. The second-order valence-electron chi connectivity index (χ2n) is 8.11. The maximum atomic E-state index is 9.66. The van der Waals surface area contributed by atoms with Crippen molar-refractivity contribution in [1.29, 1.82) is 0 Å². The van der Waals surface area contributed by atoms with Crippen molar-refractivity contribution in [2.24, 2.45) is 11.8 Å². The third kappa shape index (κ3) is 3.22. The SMILES string of the molecule is CN1CCN(CCO)C(C2CCCCC2)(C2CCCCC2)C1. The minimum Gasteiger partial charge on any atom is -0.395 e. The Labute approximate surface area is 137 Å². The average molecular weight is 309 g/mol. The van der Waals surface area contributed by atoms with Crippen molar-refractivity contribution < 1.29 is 5.11 Å². The molecule has 3 nitrogen and oxygen atoms in total. The Morgan fingerprint density at radius 2 is 1.41 bits per heavy atom. The van der Waals surface area contributed by atoms with E-state index in [1.807, 2.05) is 0 Å². The van der Waals surface area contributed by atoms with Gasteiger partial charge in [0.25, 0.3) is 0 Å². The standard InChI is InChI=1S/C19H36N2O/c1-20-12-13-21(14-15-22)19(16-20,17-8-4-2-5-9-17)18-10-6-3-7-11-18/h17-18,22H,2-16H2,1H3. The highest BCUT2D eigenvalue weighted by Crippen LogP contribution is 2.47. The van der Waals surface area contributed by atoms with Crippen molar-refractivity contribution in [2.45, 2.75) is 69.7 Å². The molecular weight excluding hydrogens is 272 g/mol. The van der Waals surface area contributed by atoms with Crippen molar-refractivity contribution >= 4 is 0 Å². The molecule has 0 spiro atoms. The number of aliphatic hydroxyl groups is 1. The van der Waals surface area contributed by atoms with Crippen molar-refractivity contribution in [1.82, 2.24) is 9.80 Å². The normalized spacial score (nSPS) is 29.7. The first kappa shape index (κ1) is 16.7. The van der Waals surface area contributed by atoms with Crippen molar-refractivity contribution in [3.8, 4) is 0 Å². The average Bonchev–Trinajstić information content (AvgIpc) is 2.58. The Hall–Kier alpha value is -0.120. The molecule has 0 radical (unpaired) electrons. The highest BCUT2D eigenvalue weighted by molar-refractivity contribution is 5.06. The summed E-state index contributed by atoms with van der Waals surface area (Å²) in [6.07, 6.45) is 14.3. The number of likely N-dealkylation sites (N-methyl/N-ethyl adjacent to an activating group) is 1. The molecule has 3 heteroatoms. The van der Waals surface area contributed by atoms with Crippen LogP contribution in [0.2, 0.25) is 0 Å². The van der Waals surface area contributed by atoms with E-state index in [0.29, 0.717) is 12.1 Å². The topological polar surface area (TPSA) is 26.7 Å². The molecule has 0 bridgehead atoms. The van der Waals surface area contributed by atoms with E-state index in [1.54, 1.807) is 0 Å². The lowest BCUT2D eigenvalue weighted by Gasteiger charge is -2.59. The summed E-state index contributed by atoms with van der Waals surface area (Å²) in [5, 5.41) is 9.66. The molecule has 0 unspecified atom stereocenters. The lowest BCUT2D eigenvalue weighted by Crippen LogP contribution is -2.69. The van der Waals surface area contributed by atoms with Crippen LogP contribution in [0.5, 0.6) is 0 Å². The van der Waals surface area contributed by atoms with Gasteiger partial charge in [0.15, 0.2) is 0 Å². The maximum absolute atomic E-state index is 9.66. The van der Waals surface area contributed by atoms with E-state index in [1.165, 1.54) is 77.3 Å². The van der Waals surface area contributed by atoms with Gasteiger partial charge in [0, 0.05) is 31.7 Å². The molecule has 1 saturated heterocycles. The molecule has 3 fully saturated rings. The molecule has 0 atom stereocenters. The molecule has 2 saturated carbocycles. The molecule has 128 valence electrons. The second kappa shape index (κ2) is 7.63. The van der Waals surface area contributed by atoms with E-state index in [2.05, 4.69) is 16.8 Å². The van der Waals surface area contributed by atoms with Crippen LogP contribution in [0.25, 0.3) is 0 Å². The van der Waals surface area contributed by atoms with Gasteiger partial charge in [-0.2, -0.15) is 0 Å². The first-order valence-electron chi connectivity index (χ1n) is 9.82. The van der Waals surface area contributed by atoms with Gasteiger partial charge in [-0.25, -0.2) is 0 Å². The lowest BCUT2D eigenvalue weighted by molar-refractivity contribution is -0.0955.